The minimum Gasteiger partial charge on any atom is -0.493 e. The maximum atomic E-state index is 13.3. The SMILES string of the molecule is COc1cccc(CCN2CCC(C(=O)N[C@@H](c3ccc(F)cc3)C(C)C)CC2)c1OC.O=C(O)C(=O)O. The van der Waals surface area contributed by atoms with Gasteiger partial charge in [-0.05, 0) is 67.6 Å². The summed E-state index contributed by atoms with van der Waals surface area (Å²) in [5.41, 5.74) is 2.07. The lowest BCUT2D eigenvalue weighted by atomic mass is 9.92. The van der Waals surface area contributed by atoms with Gasteiger partial charge < -0.3 is 29.9 Å². The summed E-state index contributed by atoms with van der Waals surface area (Å²) in [4.78, 5) is 33.6. The van der Waals surface area contributed by atoms with Crippen LogP contribution in [0.1, 0.15) is 43.9 Å². The lowest BCUT2D eigenvalue weighted by molar-refractivity contribution is -0.159. The topological polar surface area (TPSA) is 125 Å². The molecule has 1 heterocycles. The van der Waals surface area contributed by atoms with Crippen LogP contribution in [0.15, 0.2) is 42.5 Å². The Morgan fingerprint density at radius 3 is 2.11 bits per heavy atom. The fourth-order valence-electron chi connectivity index (χ4n) is 4.42. The summed E-state index contributed by atoms with van der Waals surface area (Å²) < 4.78 is 24.2. The molecule has 208 valence electrons. The molecule has 1 aliphatic rings. The highest BCUT2D eigenvalue weighted by atomic mass is 19.1. The van der Waals surface area contributed by atoms with Gasteiger partial charge in [0.2, 0.25) is 5.91 Å². The number of hydrogen-bond acceptors (Lipinski definition) is 6. The quantitative estimate of drug-likeness (QED) is 0.417. The zero-order valence-electron chi connectivity index (χ0n) is 22.3. The van der Waals surface area contributed by atoms with Crippen LogP contribution < -0.4 is 14.8 Å². The number of carbonyl (C=O) groups excluding carboxylic acids is 1. The smallest absolute Gasteiger partial charge is 0.414 e. The Morgan fingerprint density at radius 1 is 1.00 bits per heavy atom. The van der Waals surface area contributed by atoms with E-state index < -0.39 is 11.9 Å². The summed E-state index contributed by atoms with van der Waals surface area (Å²) in [5, 5.41) is 18.0. The molecular formula is C28H37FN2O7. The van der Waals surface area contributed by atoms with Crippen LogP contribution in [0.2, 0.25) is 0 Å². The molecule has 2 aromatic rings. The molecule has 0 radical (unpaired) electrons. The number of carbonyl (C=O) groups is 3. The third-order valence-electron chi connectivity index (χ3n) is 6.52. The molecule has 0 aliphatic carbocycles. The molecule has 10 heteroatoms. The fraction of sp³-hybridized carbons (Fsp3) is 0.464. The average Bonchev–Trinajstić information content (AvgIpc) is 2.91. The third-order valence-corrected chi connectivity index (χ3v) is 6.52. The first-order chi connectivity index (χ1) is 18.1. The number of para-hydroxylation sites is 1. The molecule has 38 heavy (non-hydrogen) atoms. The number of nitrogens with zero attached hydrogens (tertiary/aromatic N) is 1. The second-order valence-electron chi connectivity index (χ2n) is 9.41. The highest BCUT2D eigenvalue weighted by molar-refractivity contribution is 6.27. The molecule has 0 bridgehead atoms. The Hall–Kier alpha value is -3.66. The summed E-state index contributed by atoms with van der Waals surface area (Å²) >= 11 is 0. The van der Waals surface area contributed by atoms with Gasteiger partial charge in [0, 0.05) is 12.5 Å². The number of hydrogen-bond donors (Lipinski definition) is 3. The molecule has 1 atom stereocenters. The van der Waals surface area contributed by atoms with Crippen LogP contribution in [0.4, 0.5) is 4.39 Å². The number of aliphatic carboxylic acids is 2. The molecule has 1 saturated heterocycles. The molecule has 0 unspecified atom stereocenters. The molecule has 0 aromatic heterocycles. The van der Waals surface area contributed by atoms with Gasteiger partial charge in [-0.1, -0.05) is 38.1 Å². The van der Waals surface area contributed by atoms with Crippen LogP contribution in [0.5, 0.6) is 11.5 Å². The highest BCUT2D eigenvalue weighted by Crippen LogP contribution is 2.31. The van der Waals surface area contributed by atoms with E-state index in [1.54, 1.807) is 26.4 Å². The van der Waals surface area contributed by atoms with Crippen molar-refractivity contribution in [2.75, 3.05) is 33.9 Å². The number of ether oxygens (including phenoxy) is 2. The highest BCUT2D eigenvalue weighted by Gasteiger charge is 2.28. The number of halogens is 1. The van der Waals surface area contributed by atoms with Gasteiger partial charge in [-0.2, -0.15) is 0 Å². The zero-order chi connectivity index (χ0) is 28.2. The van der Waals surface area contributed by atoms with Gasteiger partial charge in [0.15, 0.2) is 11.5 Å². The maximum absolute atomic E-state index is 13.3. The van der Waals surface area contributed by atoms with Crippen LogP contribution >= 0.6 is 0 Å². The van der Waals surface area contributed by atoms with E-state index in [-0.39, 0.29) is 29.6 Å². The Bertz CT molecular complexity index is 1060. The number of likely N-dealkylation sites (tertiary alicyclic amines) is 1. The van der Waals surface area contributed by atoms with Crippen LogP contribution in [-0.2, 0) is 20.8 Å². The molecule has 2 aromatic carbocycles. The first kappa shape index (κ1) is 30.6. The van der Waals surface area contributed by atoms with Crippen molar-refractivity contribution in [1.82, 2.24) is 10.2 Å². The van der Waals surface area contributed by atoms with E-state index >= 15 is 0 Å². The predicted octanol–water partition coefficient (Wildman–Crippen LogP) is 3.77. The minimum atomic E-state index is -1.82. The number of benzene rings is 2. The Labute approximate surface area is 222 Å². The predicted molar refractivity (Wildman–Crippen MR) is 140 cm³/mol. The lowest BCUT2D eigenvalue weighted by Crippen LogP contribution is -2.43. The van der Waals surface area contributed by atoms with Crippen molar-refractivity contribution in [2.24, 2.45) is 11.8 Å². The number of methoxy groups -OCH3 is 2. The summed E-state index contributed by atoms with van der Waals surface area (Å²) in [6.45, 7) is 6.86. The number of rotatable bonds is 9. The summed E-state index contributed by atoms with van der Waals surface area (Å²) in [5.74, 6) is -2.03. The second kappa shape index (κ2) is 14.9. The number of nitrogens with one attached hydrogen (secondary N) is 1. The van der Waals surface area contributed by atoms with Crippen molar-refractivity contribution < 1.29 is 38.5 Å². The summed E-state index contributed by atoms with van der Waals surface area (Å²) in [7, 11) is 3.32. The Kier molecular flexibility index (Phi) is 12.0. The molecule has 3 N–H and O–H groups in total. The van der Waals surface area contributed by atoms with Crippen LogP contribution in [0, 0.1) is 17.7 Å². The van der Waals surface area contributed by atoms with Gasteiger partial charge in [-0.25, -0.2) is 14.0 Å². The normalized spacial score (nSPS) is 14.7. The first-order valence-corrected chi connectivity index (χ1v) is 12.5. The maximum Gasteiger partial charge on any atom is 0.414 e. The van der Waals surface area contributed by atoms with Gasteiger partial charge in [0.25, 0.3) is 0 Å². The van der Waals surface area contributed by atoms with Crippen molar-refractivity contribution in [3.05, 3.63) is 59.4 Å². The number of carboxylic acid groups (broad SMARTS) is 2. The van der Waals surface area contributed by atoms with E-state index in [1.165, 1.54) is 12.1 Å². The number of piperidine rings is 1. The van der Waals surface area contributed by atoms with Crippen LogP contribution in [0.3, 0.4) is 0 Å². The van der Waals surface area contributed by atoms with E-state index in [2.05, 4.69) is 30.1 Å². The average molecular weight is 533 g/mol. The zero-order valence-corrected chi connectivity index (χ0v) is 22.3. The monoisotopic (exact) mass is 532 g/mol. The third kappa shape index (κ3) is 9.02. The summed E-state index contributed by atoms with van der Waals surface area (Å²) in [6.07, 6.45) is 2.56. The van der Waals surface area contributed by atoms with Crippen molar-refractivity contribution in [2.45, 2.75) is 39.2 Å². The van der Waals surface area contributed by atoms with E-state index in [0.29, 0.717) is 0 Å². The van der Waals surface area contributed by atoms with E-state index in [4.69, 9.17) is 29.3 Å². The Balaban J connectivity index is 0.000000757. The molecule has 3 rings (SSSR count). The molecule has 1 amide bonds. The molecule has 1 fully saturated rings. The van der Waals surface area contributed by atoms with Crippen molar-refractivity contribution in [1.29, 1.82) is 0 Å². The molecule has 0 spiro atoms. The number of carboxylic acids is 2. The van der Waals surface area contributed by atoms with Gasteiger partial charge >= 0.3 is 11.9 Å². The van der Waals surface area contributed by atoms with Gasteiger partial charge in [-0.3, -0.25) is 4.79 Å². The van der Waals surface area contributed by atoms with E-state index in [0.717, 1.165) is 61.5 Å². The first-order valence-electron chi connectivity index (χ1n) is 12.5. The van der Waals surface area contributed by atoms with Crippen molar-refractivity contribution >= 4 is 17.8 Å². The molecule has 0 saturated carbocycles. The molecule has 9 nitrogen and oxygen atoms in total. The minimum absolute atomic E-state index is 0.0132. The van der Waals surface area contributed by atoms with Gasteiger partial charge in [0.05, 0.1) is 20.3 Å². The Morgan fingerprint density at radius 2 is 1.61 bits per heavy atom. The van der Waals surface area contributed by atoms with Crippen molar-refractivity contribution in [3.8, 4) is 11.5 Å². The van der Waals surface area contributed by atoms with E-state index in [9.17, 15) is 9.18 Å². The van der Waals surface area contributed by atoms with Crippen molar-refractivity contribution in [3.63, 3.8) is 0 Å². The molecule has 1 aliphatic heterocycles. The number of amides is 1. The van der Waals surface area contributed by atoms with Gasteiger partial charge in [0.1, 0.15) is 5.82 Å². The fourth-order valence-corrected chi connectivity index (χ4v) is 4.42. The molecular weight excluding hydrogens is 495 g/mol. The summed E-state index contributed by atoms with van der Waals surface area (Å²) in [6, 6.07) is 12.3. The van der Waals surface area contributed by atoms with E-state index in [1.807, 2.05) is 12.1 Å². The standard InChI is InChI=1S/C26H35FN2O3.C2H2O4/c1-18(2)24(19-8-10-22(27)11-9-19)28-26(30)21-13-16-29(17-14-21)15-12-20-6-5-7-23(31-3)25(20)32-4;3-1(4)2(5)6/h5-11,18,21,24H,12-17H2,1-4H3,(H,28,30);(H,3,4)(H,5,6)/t24-;/m1./s1. The lowest BCUT2D eigenvalue weighted by Gasteiger charge is -2.33. The van der Waals surface area contributed by atoms with Gasteiger partial charge in [-0.15, -0.1) is 0 Å². The second-order valence-corrected chi connectivity index (χ2v) is 9.41. The largest absolute Gasteiger partial charge is 0.493 e. The van der Waals surface area contributed by atoms with Crippen LogP contribution in [0.25, 0.3) is 0 Å². The van der Waals surface area contributed by atoms with Crippen LogP contribution in [-0.4, -0.2) is 66.8 Å².